The molecular weight excluding hydrogens is 500 g/mol. The van der Waals surface area contributed by atoms with Crippen molar-refractivity contribution in [1.29, 1.82) is 0 Å². The Morgan fingerprint density at radius 3 is 2.71 bits per heavy atom. The number of benzene rings is 3. The number of aromatic nitrogens is 1. The van der Waals surface area contributed by atoms with Crippen LogP contribution in [-0.2, 0) is 24.7 Å². The molecule has 4 nitrogen and oxygen atoms in total. The minimum atomic E-state index is -0.872. The van der Waals surface area contributed by atoms with Crippen molar-refractivity contribution in [3.05, 3.63) is 99.7 Å². The number of rotatable bonds is 5. The highest BCUT2D eigenvalue weighted by atomic mass is 79.9. The van der Waals surface area contributed by atoms with Gasteiger partial charge in [0, 0.05) is 52.4 Å². The van der Waals surface area contributed by atoms with Crippen LogP contribution < -0.4 is 4.74 Å². The number of aromatic amines is 1. The average Bonchev–Trinajstić information content (AvgIpc) is 3.21. The molecule has 0 radical (unpaired) electrons. The number of halogens is 1. The Bertz CT molecular complexity index is 1370. The Hall–Kier alpha value is -2.60. The number of β-amino-alcohol motifs (C(OH)–C–C–N with tert-alkyl or cyclic N) is 1. The van der Waals surface area contributed by atoms with Crippen molar-refractivity contribution in [2.75, 3.05) is 26.7 Å². The van der Waals surface area contributed by atoms with Crippen molar-refractivity contribution in [3.63, 3.8) is 0 Å². The van der Waals surface area contributed by atoms with Gasteiger partial charge in [-0.05, 0) is 60.3 Å². The molecule has 1 saturated heterocycles. The van der Waals surface area contributed by atoms with E-state index in [4.69, 9.17) is 4.74 Å². The molecule has 1 fully saturated rings. The standard InChI is InChI=1S/C30H31BrN2O2/c1-35-24-9-5-8-22(16-24)29-13-15-33(14-12-21-6-3-2-4-7-21)20-30(29,34)18-26-25-11-10-23(31)17-27(25)32-28(26)19-29/h2-11,16-17,32,34H,12-15,18-20H2,1H3. The number of nitrogens with one attached hydrogen (secondary N) is 1. The number of methoxy groups -OCH3 is 1. The molecule has 35 heavy (non-hydrogen) atoms. The van der Waals surface area contributed by atoms with Crippen LogP contribution >= 0.6 is 15.9 Å². The van der Waals surface area contributed by atoms with E-state index >= 15 is 0 Å². The molecule has 0 saturated carbocycles. The summed E-state index contributed by atoms with van der Waals surface area (Å²) in [4.78, 5) is 6.16. The van der Waals surface area contributed by atoms with Crippen LogP contribution in [0.1, 0.15) is 28.8 Å². The molecule has 0 bridgehead atoms. The molecule has 1 aromatic heterocycles. The number of H-pyrrole nitrogens is 1. The van der Waals surface area contributed by atoms with E-state index < -0.39 is 5.60 Å². The molecule has 1 aliphatic heterocycles. The van der Waals surface area contributed by atoms with E-state index in [9.17, 15) is 5.11 Å². The second-order valence-corrected chi connectivity index (χ2v) is 11.1. The SMILES string of the molecule is COc1cccc(C23CCN(CCc4ccccc4)CC2(O)Cc2c([nH]c4cc(Br)ccc24)C3)c1. The molecule has 180 valence electrons. The molecule has 0 amide bonds. The average molecular weight is 531 g/mol. The maximum Gasteiger partial charge on any atom is 0.119 e. The zero-order valence-corrected chi connectivity index (χ0v) is 21.6. The second-order valence-electron chi connectivity index (χ2n) is 10.2. The van der Waals surface area contributed by atoms with Gasteiger partial charge in [0.1, 0.15) is 5.75 Å². The summed E-state index contributed by atoms with van der Waals surface area (Å²) in [5, 5.41) is 13.8. The molecular formula is C30H31BrN2O2. The van der Waals surface area contributed by atoms with Crippen molar-refractivity contribution in [2.45, 2.75) is 36.7 Å². The van der Waals surface area contributed by atoms with Crippen molar-refractivity contribution >= 4 is 26.8 Å². The number of fused-ring (bicyclic) bond motifs is 4. The lowest BCUT2D eigenvalue weighted by molar-refractivity contribution is -0.102. The predicted octanol–water partition coefficient (Wildman–Crippen LogP) is 5.66. The number of hydrogen-bond donors (Lipinski definition) is 2. The summed E-state index contributed by atoms with van der Waals surface area (Å²) in [7, 11) is 1.71. The van der Waals surface area contributed by atoms with E-state index in [1.165, 1.54) is 27.8 Å². The molecule has 0 spiro atoms. The van der Waals surface area contributed by atoms with Crippen LogP contribution in [-0.4, -0.2) is 47.3 Å². The fraction of sp³-hybridized carbons (Fsp3) is 0.333. The van der Waals surface area contributed by atoms with Gasteiger partial charge >= 0.3 is 0 Å². The van der Waals surface area contributed by atoms with E-state index in [2.05, 4.69) is 92.5 Å². The molecule has 2 unspecified atom stereocenters. The topological polar surface area (TPSA) is 48.5 Å². The lowest BCUT2D eigenvalue weighted by Gasteiger charge is -2.56. The fourth-order valence-electron chi connectivity index (χ4n) is 6.45. The minimum absolute atomic E-state index is 0.365. The van der Waals surface area contributed by atoms with E-state index in [1.807, 2.05) is 6.07 Å². The maximum atomic E-state index is 12.6. The summed E-state index contributed by atoms with van der Waals surface area (Å²) in [6, 6.07) is 25.4. The second kappa shape index (κ2) is 8.81. The lowest BCUT2D eigenvalue weighted by Crippen LogP contribution is -2.66. The molecule has 6 rings (SSSR count). The first-order valence-electron chi connectivity index (χ1n) is 12.4. The Balaban J connectivity index is 1.40. The zero-order valence-electron chi connectivity index (χ0n) is 20.1. The van der Waals surface area contributed by atoms with Gasteiger partial charge in [0.15, 0.2) is 0 Å². The third kappa shape index (κ3) is 3.90. The van der Waals surface area contributed by atoms with Gasteiger partial charge in [0.2, 0.25) is 0 Å². The van der Waals surface area contributed by atoms with Crippen molar-refractivity contribution in [2.24, 2.45) is 0 Å². The Kier molecular flexibility index (Phi) is 5.75. The largest absolute Gasteiger partial charge is 0.497 e. The highest BCUT2D eigenvalue weighted by molar-refractivity contribution is 9.10. The summed E-state index contributed by atoms with van der Waals surface area (Å²) < 4.78 is 6.65. The Morgan fingerprint density at radius 2 is 1.89 bits per heavy atom. The number of aliphatic hydroxyl groups is 1. The third-order valence-electron chi connectivity index (χ3n) is 8.32. The van der Waals surface area contributed by atoms with Gasteiger partial charge in [-0.1, -0.05) is 64.5 Å². The van der Waals surface area contributed by atoms with Crippen molar-refractivity contribution < 1.29 is 9.84 Å². The summed E-state index contributed by atoms with van der Waals surface area (Å²) in [5.41, 5.74) is 4.93. The summed E-state index contributed by atoms with van der Waals surface area (Å²) >= 11 is 3.61. The smallest absolute Gasteiger partial charge is 0.119 e. The first kappa shape index (κ1) is 22.8. The lowest BCUT2D eigenvalue weighted by atomic mass is 9.56. The first-order valence-corrected chi connectivity index (χ1v) is 13.2. The van der Waals surface area contributed by atoms with Crippen LogP contribution in [0.3, 0.4) is 0 Å². The summed E-state index contributed by atoms with van der Waals surface area (Å²) in [5.74, 6) is 0.845. The van der Waals surface area contributed by atoms with Crippen LogP contribution in [0, 0.1) is 0 Å². The van der Waals surface area contributed by atoms with Crippen LogP contribution in [0.2, 0.25) is 0 Å². The van der Waals surface area contributed by atoms with Crippen molar-refractivity contribution in [3.8, 4) is 5.75 Å². The van der Waals surface area contributed by atoms with Gasteiger partial charge in [0.05, 0.1) is 12.7 Å². The highest BCUT2D eigenvalue weighted by Crippen LogP contribution is 2.52. The van der Waals surface area contributed by atoms with Crippen LogP contribution in [0.4, 0.5) is 0 Å². The molecule has 2 atom stereocenters. The van der Waals surface area contributed by atoms with Crippen LogP contribution in [0.25, 0.3) is 10.9 Å². The van der Waals surface area contributed by atoms with E-state index in [1.54, 1.807) is 7.11 Å². The maximum absolute atomic E-state index is 12.6. The van der Waals surface area contributed by atoms with E-state index in [-0.39, 0.29) is 5.41 Å². The minimum Gasteiger partial charge on any atom is -0.497 e. The number of ether oxygens (including phenoxy) is 1. The van der Waals surface area contributed by atoms with Gasteiger partial charge in [-0.2, -0.15) is 0 Å². The van der Waals surface area contributed by atoms with Crippen LogP contribution in [0.15, 0.2) is 77.3 Å². The van der Waals surface area contributed by atoms with Gasteiger partial charge in [0.25, 0.3) is 0 Å². The van der Waals surface area contributed by atoms with Crippen molar-refractivity contribution in [1.82, 2.24) is 9.88 Å². The van der Waals surface area contributed by atoms with E-state index in [0.29, 0.717) is 13.0 Å². The number of piperidine rings is 1. The summed E-state index contributed by atoms with van der Waals surface area (Å²) in [6.45, 7) is 2.58. The monoisotopic (exact) mass is 530 g/mol. The molecule has 2 heterocycles. The van der Waals surface area contributed by atoms with Gasteiger partial charge in [-0.15, -0.1) is 0 Å². The highest BCUT2D eigenvalue weighted by Gasteiger charge is 2.57. The normalized spacial score (nSPS) is 24.2. The molecule has 3 aromatic carbocycles. The number of likely N-dealkylation sites (tertiary alicyclic amines) is 1. The fourth-order valence-corrected chi connectivity index (χ4v) is 6.81. The number of nitrogens with zero attached hydrogens (tertiary/aromatic N) is 1. The zero-order chi connectivity index (χ0) is 24.0. The number of hydrogen-bond acceptors (Lipinski definition) is 3. The summed E-state index contributed by atoms with van der Waals surface area (Å²) in [6.07, 6.45) is 3.34. The molecule has 5 heteroatoms. The molecule has 1 aliphatic carbocycles. The molecule has 2 N–H and O–H groups in total. The third-order valence-corrected chi connectivity index (χ3v) is 8.81. The van der Waals surface area contributed by atoms with Gasteiger partial charge in [-0.25, -0.2) is 0 Å². The quantitative estimate of drug-likeness (QED) is 0.350. The molecule has 4 aromatic rings. The van der Waals surface area contributed by atoms with Gasteiger partial charge in [-0.3, -0.25) is 0 Å². The Labute approximate surface area is 215 Å². The van der Waals surface area contributed by atoms with Gasteiger partial charge < -0.3 is 19.7 Å². The van der Waals surface area contributed by atoms with E-state index in [0.717, 1.165) is 48.1 Å². The molecule has 2 aliphatic rings. The first-order chi connectivity index (χ1) is 17.0. The Morgan fingerprint density at radius 1 is 1.03 bits per heavy atom. The predicted molar refractivity (Wildman–Crippen MR) is 144 cm³/mol. The van der Waals surface area contributed by atoms with Crippen LogP contribution in [0.5, 0.6) is 5.75 Å².